The van der Waals surface area contributed by atoms with Crippen molar-refractivity contribution in [1.82, 2.24) is 9.47 Å². The molecule has 1 amide bonds. The van der Waals surface area contributed by atoms with Crippen molar-refractivity contribution in [3.63, 3.8) is 0 Å². The Kier molecular flexibility index (Phi) is 3.93. The topological polar surface area (TPSA) is 45.5 Å². The van der Waals surface area contributed by atoms with Crippen molar-refractivity contribution in [2.75, 3.05) is 6.54 Å². The first-order chi connectivity index (χ1) is 10.9. The number of aromatic nitrogens is 1. The third kappa shape index (κ3) is 2.74. The zero-order chi connectivity index (χ0) is 16.7. The molecule has 0 radical (unpaired) electrons. The second-order valence-electron chi connectivity index (χ2n) is 5.99. The van der Waals surface area contributed by atoms with Gasteiger partial charge in [0, 0.05) is 25.4 Å². The number of likely N-dealkylation sites (tertiary alicyclic amines) is 1. The van der Waals surface area contributed by atoms with Gasteiger partial charge in [-0.15, -0.1) is 0 Å². The van der Waals surface area contributed by atoms with Crippen LogP contribution in [0, 0.1) is 18.6 Å². The number of nitrogens with zero attached hydrogens (tertiary/aromatic N) is 2. The first-order valence-electron chi connectivity index (χ1n) is 7.44. The van der Waals surface area contributed by atoms with Gasteiger partial charge in [-0.2, -0.15) is 0 Å². The van der Waals surface area contributed by atoms with Crippen LogP contribution in [0.4, 0.5) is 8.78 Å². The van der Waals surface area contributed by atoms with E-state index in [-0.39, 0.29) is 24.4 Å². The lowest BCUT2D eigenvalue weighted by Gasteiger charge is -2.25. The molecule has 3 rings (SSSR count). The molecule has 2 heterocycles. The molecule has 0 bridgehead atoms. The minimum atomic E-state index is -0.757. The van der Waals surface area contributed by atoms with Crippen LogP contribution in [0.3, 0.4) is 0 Å². The number of carbonyl (C=O) groups is 1. The number of rotatable bonds is 2. The van der Waals surface area contributed by atoms with E-state index in [1.165, 1.54) is 4.90 Å². The fourth-order valence-electron chi connectivity index (χ4n) is 3.21. The Morgan fingerprint density at radius 3 is 2.70 bits per heavy atom. The molecule has 0 spiro atoms. The Labute approximate surface area is 133 Å². The SMILES string of the molecule is Cc1ccn(C)c1C(=O)N1C[C@@H](O)C[C@H]1c1cc(F)ccc1F. The average Bonchev–Trinajstić information content (AvgIpc) is 3.04. The van der Waals surface area contributed by atoms with Gasteiger partial charge < -0.3 is 14.6 Å². The molecule has 6 heteroatoms. The zero-order valence-electron chi connectivity index (χ0n) is 13.0. The molecule has 2 aromatic rings. The summed E-state index contributed by atoms with van der Waals surface area (Å²) >= 11 is 0. The summed E-state index contributed by atoms with van der Waals surface area (Å²) in [7, 11) is 1.75. The minimum Gasteiger partial charge on any atom is -0.391 e. The molecule has 1 aromatic carbocycles. The highest BCUT2D eigenvalue weighted by molar-refractivity contribution is 5.94. The highest BCUT2D eigenvalue weighted by atomic mass is 19.1. The van der Waals surface area contributed by atoms with E-state index in [9.17, 15) is 18.7 Å². The molecule has 0 saturated carbocycles. The Hall–Kier alpha value is -2.21. The summed E-state index contributed by atoms with van der Waals surface area (Å²) in [4.78, 5) is 14.3. The number of carbonyl (C=O) groups excluding carboxylic acids is 1. The number of halogens is 2. The third-order valence-electron chi connectivity index (χ3n) is 4.33. The van der Waals surface area contributed by atoms with Crippen LogP contribution in [-0.4, -0.2) is 33.1 Å². The van der Waals surface area contributed by atoms with Gasteiger partial charge in [0.2, 0.25) is 0 Å². The van der Waals surface area contributed by atoms with E-state index in [1.54, 1.807) is 17.8 Å². The Bertz CT molecular complexity index is 738. The monoisotopic (exact) mass is 320 g/mol. The number of aryl methyl sites for hydroxylation is 2. The van der Waals surface area contributed by atoms with Crippen molar-refractivity contribution in [2.45, 2.75) is 25.5 Å². The van der Waals surface area contributed by atoms with Gasteiger partial charge in [0.1, 0.15) is 17.3 Å². The highest BCUT2D eigenvalue weighted by Gasteiger charge is 2.38. The summed E-state index contributed by atoms with van der Waals surface area (Å²) < 4.78 is 29.3. The van der Waals surface area contributed by atoms with Crippen molar-refractivity contribution in [3.8, 4) is 0 Å². The summed E-state index contributed by atoms with van der Waals surface area (Å²) in [5, 5.41) is 9.96. The van der Waals surface area contributed by atoms with Crippen LogP contribution >= 0.6 is 0 Å². The van der Waals surface area contributed by atoms with Gasteiger partial charge in [-0.05, 0) is 43.2 Å². The van der Waals surface area contributed by atoms with Crippen LogP contribution in [0.2, 0.25) is 0 Å². The minimum absolute atomic E-state index is 0.0989. The molecular formula is C17H18F2N2O2. The highest BCUT2D eigenvalue weighted by Crippen LogP contribution is 2.35. The molecule has 122 valence electrons. The number of aliphatic hydroxyl groups excluding tert-OH is 1. The fraction of sp³-hybridized carbons (Fsp3) is 0.353. The van der Waals surface area contributed by atoms with E-state index < -0.39 is 23.8 Å². The maximum atomic E-state index is 14.1. The van der Waals surface area contributed by atoms with Gasteiger partial charge in [0.25, 0.3) is 5.91 Å². The van der Waals surface area contributed by atoms with Crippen LogP contribution < -0.4 is 0 Å². The van der Waals surface area contributed by atoms with Crippen molar-refractivity contribution in [1.29, 1.82) is 0 Å². The number of aliphatic hydroxyl groups is 1. The number of hydrogen-bond donors (Lipinski definition) is 1. The Balaban J connectivity index is 2.00. The summed E-state index contributed by atoms with van der Waals surface area (Å²) in [5.41, 5.74) is 1.39. The molecule has 4 nitrogen and oxygen atoms in total. The normalized spacial score (nSPS) is 21.0. The number of amides is 1. The van der Waals surface area contributed by atoms with Crippen LogP contribution in [0.1, 0.15) is 34.1 Å². The van der Waals surface area contributed by atoms with E-state index in [2.05, 4.69) is 0 Å². The lowest BCUT2D eigenvalue weighted by atomic mass is 10.0. The largest absolute Gasteiger partial charge is 0.391 e. The van der Waals surface area contributed by atoms with E-state index in [0.717, 1.165) is 23.8 Å². The summed E-state index contributed by atoms with van der Waals surface area (Å²) in [6, 6.07) is 4.32. The third-order valence-corrected chi connectivity index (χ3v) is 4.33. The molecule has 1 saturated heterocycles. The molecule has 0 unspecified atom stereocenters. The zero-order valence-corrected chi connectivity index (χ0v) is 13.0. The van der Waals surface area contributed by atoms with Crippen LogP contribution in [0.5, 0.6) is 0 Å². The van der Waals surface area contributed by atoms with Crippen LogP contribution in [-0.2, 0) is 7.05 Å². The predicted molar refractivity (Wildman–Crippen MR) is 80.9 cm³/mol. The summed E-state index contributed by atoms with van der Waals surface area (Å²) in [6.07, 6.45) is 1.20. The maximum Gasteiger partial charge on any atom is 0.271 e. The molecule has 1 N–H and O–H groups in total. The van der Waals surface area contributed by atoms with Gasteiger partial charge in [-0.1, -0.05) is 0 Å². The van der Waals surface area contributed by atoms with E-state index >= 15 is 0 Å². The van der Waals surface area contributed by atoms with E-state index in [1.807, 2.05) is 13.0 Å². The molecule has 1 fully saturated rings. The Morgan fingerprint density at radius 2 is 2.04 bits per heavy atom. The maximum absolute atomic E-state index is 14.1. The molecule has 1 aromatic heterocycles. The van der Waals surface area contributed by atoms with E-state index in [4.69, 9.17) is 0 Å². The van der Waals surface area contributed by atoms with Gasteiger partial charge in [-0.3, -0.25) is 4.79 Å². The standard InChI is InChI=1S/C17H18F2N2O2/c1-10-5-6-20(2)16(10)17(23)21-9-12(22)8-15(21)13-7-11(18)3-4-14(13)19/h3-7,12,15,22H,8-9H2,1-2H3/t12-,15-/m0/s1. The van der Waals surface area contributed by atoms with Crippen molar-refractivity contribution in [3.05, 3.63) is 58.9 Å². The molecule has 1 aliphatic heterocycles. The van der Waals surface area contributed by atoms with Crippen molar-refractivity contribution >= 4 is 5.91 Å². The van der Waals surface area contributed by atoms with Gasteiger partial charge in [0.05, 0.1) is 12.1 Å². The molecular weight excluding hydrogens is 302 g/mol. The van der Waals surface area contributed by atoms with Gasteiger partial charge in [0.15, 0.2) is 0 Å². The number of hydrogen-bond acceptors (Lipinski definition) is 2. The van der Waals surface area contributed by atoms with Crippen LogP contribution in [0.25, 0.3) is 0 Å². The fourth-order valence-corrected chi connectivity index (χ4v) is 3.21. The van der Waals surface area contributed by atoms with Gasteiger partial charge in [-0.25, -0.2) is 8.78 Å². The number of benzene rings is 1. The molecule has 1 aliphatic rings. The average molecular weight is 320 g/mol. The Morgan fingerprint density at radius 1 is 1.30 bits per heavy atom. The summed E-state index contributed by atoms with van der Waals surface area (Å²) in [6.45, 7) is 1.92. The second-order valence-corrected chi connectivity index (χ2v) is 5.99. The summed E-state index contributed by atoms with van der Waals surface area (Å²) in [5.74, 6) is -1.43. The first kappa shape index (κ1) is 15.7. The van der Waals surface area contributed by atoms with E-state index in [0.29, 0.717) is 5.69 Å². The lowest BCUT2D eigenvalue weighted by Crippen LogP contribution is -2.33. The molecule has 2 atom stereocenters. The molecule has 0 aliphatic carbocycles. The first-order valence-corrected chi connectivity index (χ1v) is 7.44. The number of β-amino-alcohol motifs (C(OH)–C–C–N with tert-alkyl or cyclic N) is 1. The van der Waals surface area contributed by atoms with Crippen LogP contribution in [0.15, 0.2) is 30.5 Å². The smallest absolute Gasteiger partial charge is 0.271 e. The van der Waals surface area contributed by atoms with Gasteiger partial charge >= 0.3 is 0 Å². The second kappa shape index (κ2) is 5.77. The lowest BCUT2D eigenvalue weighted by molar-refractivity contribution is 0.0703. The predicted octanol–water partition coefficient (Wildman–Crippen LogP) is 2.56. The quantitative estimate of drug-likeness (QED) is 0.924. The van der Waals surface area contributed by atoms with Crippen molar-refractivity contribution < 1.29 is 18.7 Å². The molecule has 23 heavy (non-hydrogen) atoms. The van der Waals surface area contributed by atoms with Crippen molar-refractivity contribution in [2.24, 2.45) is 7.05 Å².